The second-order valence-electron chi connectivity index (χ2n) is 8.83. The summed E-state index contributed by atoms with van der Waals surface area (Å²) in [5.41, 5.74) is 4.25. The van der Waals surface area contributed by atoms with Gasteiger partial charge < -0.3 is 4.90 Å². The molecule has 1 aliphatic heterocycles. The molecule has 1 saturated heterocycles. The van der Waals surface area contributed by atoms with Gasteiger partial charge in [0.25, 0.3) is 0 Å². The summed E-state index contributed by atoms with van der Waals surface area (Å²) < 4.78 is 18.4. The molecule has 0 unspecified atom stereocenters. The van der Waals surface area contributed by atoms with Crippen LogP contribution in [0.1, 0.15) is 42.8 Å². The number of rotatable bonds is 4. The quantitative estimate of drug-likeness (QED) is 0.364. The Morgan fingerprint density at radius 1 is 1.22 bits per heavy atom. The lowest BCUT2D eigenvalue weighted by Gasteiger charge is -2.32. The molecule has 0 radical (unpaired) electrons. The first-order valence-electron chi connectivity index (χ1n) is 11.5. The van der Waals surface area contributed by atoms with Crippen LogP contribution in [0.2, 0.25) is 5.02 Å². The van der Waals surface area contributed by atoms with E-state index < -0.39 is 5.82 Å². The maximum absolute atomic E-state index is 14.7. The van der Waals surface area contributed by atoms with Crippen LogP contribution in [-0.2, 0) is 4.79 Å². The van der Waals surface area contributed by atoms with Crippen LogP contribution in [0.3, 0.4) is 0 Å². The van der Waals surface area contributed by atoms with Crippen LogP contribution < -0.4 is 0 Å². The molecule has 5 rings (SSSR count). The number of amides is 1. The van der Waals surface area contributed by atoms with Gasteiger partial charge in [0, 0.05) is 47.9 Å². The predicted molar refractivity (Wildman–Crippen MR) is 134 cm³/mol. The maximum Gasteiger partial charge on any atom is 0.219 e. The molecule has 1 fully saturated rings. The van der Waals surface area contributed by atoms with E-state index in [2.05, 4.69) is 21.3 Å². The first kappa shape index (κ1) is 24.3. The van der Waals surface area contributed by atoms with Gasteiger partial charge in [0.05, 0.1) is 40.2 Å². The molecule has 0 spiro atoms. The molecule has 1 aliphatic rings. The van der Waals surface area contributed by atoms with E-state index in [0.717, 1.165) is 41.4 Å². The molecular formula is C25H23ClFN7OS. The van der Waals surface area contributed by atoms with Gasteiger partial charge in [0.1, 0.15) is 11.1 Å². The zero-order valence-corrected chi connectivity index (χ0v) is 21.6. The summed E-state index contributed by atoms with van der Waals surface area (Å²) in [7, 11) is 0. The molecule has 0 aliphatic carbocycles. The highest BCUT2D eigenvalue weighted by atomic mass is 35.5. The van der Waals surface area contributed by atoms with Gasteiger partial charge in [-0.15, -0.1) is 0 Å². The molecular weight excluding hydrogens is 501 g/mol. The molecule has 1 amide bonds. The Morgan fingerprint density at radius 3 is 2.67 bits per heavy atom. The largest absolute Gasteiger partial charge is 0.343 e. The van der Waals surface area contributed by atoms with E-state index in [0.29, 0.717) is 34.8 Å². The monoisotopic (exact) mass is 523 g/mol. The number of aryl methyl sites for hydroxylation is 1. The number of nitriles is 1. The zero-order chi connectivity index (χ0) is 25.6. The van der Waals surface area contributed by atoms with Crippen molar-refractivity contribution in [2.75, 3.05) is 13.1 Å². The average Bonchev–Trinajstić information content (AvgIpc) is 3.45. The number of pyridine rings is 2. The fraction of sp³-hybridized carbons (Fsp3) is 0.320. The molecule has 4 aromatic rings. The second-order valence-corrected chi connectivity index (χ2v) is 10.3. The molecule has 0 saturated carbocycles. The van der Waals surface area contributed by atoms with Crippen LogP contribution in [0.4, 0.5) is 4.39 Å². The molecule has 4 aromatic heterocycles. The van der Waals surface area contributed by atoms with Crippen molar-refractivity contribution >= 4 is 34.8 Å². The van der Waals surface area contributed by atoms with Gasteiger partial charge in [-0.3, -0.25) is 9.48 Å². The molecule has 5 heterocycles. The number of likely N-dealkylation sites (tertiary alicyclic amines) is 1. The molecule has 184 valence electrons. The summed E-state index contributed by atoms with van der Waals surface area (Å²) in [4.78, 5) is 18.5. The predicted octanol–water partition coefficient (Wildman–Crippen LogP) is 5.21. The van der Waals surface area contributed by atoms with Gasteiger partial charge in [-0.05, 0) is 38.8 Å². The smallest absolute Gasteiger partial charge is 0.219 e. The van der Waals surface area contributed by atoms with Crippen LogP contribution >= 0.6 is 23.4 Å². The molecule has 0 bridgehead atoms. The van der Waals surface area contributed by atoms with E-state index in [-0.39, 0.29) is 22.0 Å². The SMILES string of the molecule is CC(=O)N1CCC(n2ncc(-c3cc(Sc4nc(C)c(Cl)cc4F)c4c(C#N)cnn4c3)c2C)CC1. The fourth-order valence-electron chi connectivity index (χ4n) is 4.60. The van der Waals surface area contributed by atoms with Crippen molar-refractivity contribution in [3.63, 3.8) is 0 Å². The highest BCUT2D eigenvalue weighted by Crippen LogP contribution is 2.38. The molecule has 0 atom stereocenters. The summed E-state index contributed by atoms with van der Waals surface area (Å²) in [6.45, 7) is 6.76. The van der Waals surface area contributed by atoms with Crippen molar-refractivity contribution in [1.29, 1.82) is 5.26 Å². The van der Waals surface area contributed by atoms with Gasteiger partial charge in [0.15, 0.2) is 5.82 Å². The van der Waals surface area contributed by atoms with Gasteiger partial charge in [-0.1, -0.05) is 23.4 Å². The third kappa shape index (κ3) is 4.33. The van der Waals surface area contributed by atoms with Crippen LogP contribution in [0, 0.1) is 31.0 Å². The number of carbonyl (C=O) groups excluding carboxylic acids is 1. The summed E-state index contributed by atoms with van der Waals surface area (Å²) in [6, 6.07) is 5.54. The Kier molecular flexibility index (Phi) is 6.45. The Bertz CT molecular complexity index is 1530. The van der Waals surface area contributed by atoms with Crippen LogP contribution in [0.25, 0.3) is 16.6 Å². The summed E-state index contributed by atoms with van der Waals surface area (Å²) in [5.74, 6) is -0.430. The molecule has 11 heteroatoms. The van der Waals surface area contributed by atoms with Gasteiger partial charge in [-0.25, -0.2) is 13.9 Å². The minimum atomic E-state index is -0.530. The summed E-state index contributed by atoms with van der Waals surface area (Å²) in [5, 5.41) is 19.1. The fourth-order valence-corrected chi connectivity index (χ4v) is 5.78. The van der Waals surface area contributed by atoms with Crippen molar-refractivity contribution < 1.29 is 9.18 Å². The lowest BCUT2D eigenvalue weighted by Crippen LogP contribution is -2.38. The first-order valence-corrected chi connectivity index (χ1v) is 12.7. The molecule has 36 heavy (non-hydrogen) atoms. The van der Waals surface area contributed by atoms with Crippen molar-refractivity contribution in [2.24, 2.45) is 0 Å². The van der Waals surface area contributed by atoms with E-state index >= 15 is 0 Å². The van der Waals surface area contributed by atoms with Crippen molar-refractivity contribution in [1.82, 2.24) is 29.3 Å². The van der Waals surface area contributed by atoms with Crippen LogP contribution in [0.15, 0.2) is 40.6 Å². The van der Waals surface area contributed by atoms with Crippen molar-refractivity contribution in [3.05, 3.63) is 58.5 Å². The standard InChI is InChI=1S/C25H23ClFN7OS/c1-14-21(26)9-22(27)25(31-14)36-23-8-17(13-33-24(23)18(10-28)11-29-33)20-12-30-34(15(20)2)19-4-6-32(7-5-19)16(3)35/h8-9,11-13,19H,4-7H2,1-3H3. The number of nitrogens with zero attached hydrogens (tertiary/aromatic N) is 7. The highest BCUT2D eigenvalue weighted by molar-refractivity contribution is 7.99. The number of hydrogen-bond acceptors (Lipinski definition) is 6. The minimum Gasteiger partial charge on any atom is -0.343 e. The van der Waals surface area contributed by atoms with Gasteiger partial charge in [0.2, 0.25) is 5.91 Å². The Hall–Kier alpha value is -3.42. The molecule has 0 N–H and O–H groups in total. The van der Waals surface area contributed by atoms with E-state index in [1.54, 1.807) is 18.4 Å². The molecule has 8 nitrogen and oxygen atoms in total. The third-order valence-corrected chi connectivity index (χ3v) is 7.98. The number of fused-ring (bicyclic) bond motifs is 1. The third-order valence-electron chi connectivity index (χ3n) is 6.59. The maximum atomic E-state index is 14.7. The lowest BCUT2D eigenvalue weighted by molar-refractivity contribution is -0.130. The summed E-state index contributed by atoms with van der Waals surface area (Å²) >= 11 is 7.16. The topological polar surface area (TPSA) is 92.1 Å². The Labute approximate surface area is 216 Å². The van der Waals surface area contributed by atoms with Crippen LogP contribution in [0.5, 0.6) is 0 Å². The Morgan fingerprint density at radius 2 is 1.97 bits per heavy atom. The molecule has 0 aromatic carbocycles. The van der Waals surface area contributed by atoms with Gasteiger partial charge in [-0.2, -0.15) is 15.5 Å². The normalized spacial score (nSPS) is 14.4. The van der Waals surface area contributed by atoms with E-state index in [1.807, 2.05) is 35.0 Å². The Balaban J connectivity index is 1.54. The summed E-state index contributed by atoms with van der Waals surface area (Å²) in [6.07, 6.45) is 6.85. The number of carbonyl (C=O) groups is 1. The van der Waals surface area contributed by atoms with Gasteiger partial charge >= 0.3 is 0 Å². The van der Waals surface area contributed by atoms with Crippen molar-refractivity contribution in [2.45, 2.75) is 49.6 Å². The average molecular weight is 524 g/mol. The van der Waals surface area contributed by atoms with Crippen molar-refractivity contribution in [3.8, 4) is 17.2 Å². The first-order chi connectivity index (χ1) is 17.3. The van der Waals surface area contributed by atoms with E-state index in [9.17, 15) is 14.4 Å². The highest BCUT2D eigenvalue weighted by Gasteiger charge is 2.25. The number of halogens is 2. The second kappa shape index (κ2) is 9.56. The van der Waals surface area contributed by atoms with E-state index in [1.165, 1.54) is 12.3 Å². The van der Waals surface area contributed by atoms with E-state index in [4.69, 9.17) is 11.6 Å². The zero-order valence-electron chi connectivity index (χ0n) is 20.0. The number of aromatic nitrogens is 5. The lowest BCUT2D eigenvalue weighted by atomic mass is 10.0. The van der Waals surface area contributed by atoms with Crippen LogP contribution in [-0.4, -0.2) is 48.3 Å². The minimum absolute atomic E-state index is 0.0995. The number of hydrogen-bond donors (Lipinski definition) is 0. The number of piperidine rings is 1.